The molecule has 9 heteroatoms. The summed E-state index contributed by atoms with van der Waals surface area (Å²) < 4.78 is 27.0. The minimum absolute atomic E-state index is 0.0944. The van der Waals surface area contributed by atoms with Crippen molar-refractivity contribution >= 4 is 23.2 Å². The molecular weight excluding hydrogens is 351 g/mol. The monoisotopic (exact) mass is 360 g/mol. The van der Waals surface area contributed by atoms with E-state index in [4.69, 9.17) is 21.1 Å². The Morgan fingerprint density at radius 3 is 3.08 bits per heavy atom. The minimum atomic E-state index is -0.738. The zero-order valence-electron chi connectivity index (χ0n) is 12.6. The van der Waals surface area contributed by atoms with Crippen LogP contribution >= 0.6 is 11.6 Å². The zero-order chi connectivity index (χ0) is 17.1. The fourth-order valence-electron chi connectivity index (χ4n) is 3.11. The molecule has 126 valence electrons. The van der Waals surface area contributed by atoms with E-state index < -0.39 is 18.0 Å². The van der Waals surface area contributed by atoms with Crippen molar-refractivity contribution in [2.24, 2.45) is 0 Å². The number of rotatable bonds is 0. The Bertz CT molecular complexity index is 1040. The summed E-state index contributed by atoms with van der Waals surface area (Å²) >= 11 is 6.15. The molecule has 2 unspecified atom stereocenters. The summed E-state index contributed by atoms with van der Waals surface area (Å²) in [5, 5.41) is 7.04. The maximum atomic E-state index is 14.0. The van der Waals surface area contributed by atoms with Crippen molar-refractivity contribution in [2.75, 3.05) is 6.61 Å². The quantitative estimate of drug-likeness (QED) is 0.664. The lowest BCUT2D eigenvalue weighted by Gasteiger charge is -2.33. The first-order chi connectivity index (χ1) is 12.1. The Labute approximate surface area is 145 Å². The van der Waals surface area contributed by atoms with E-state index >= 15 is 0 Å². The Kier molecular flexibility index (Phi) is 2.93. The van der Waals surface area contributed by atoms with E-state index in [9.17, 15) is 9.18 Å². The van der Waals surface area contributed by atoms with E-state index in [1.807, 2.05) is 0 Å². The molecule has 2 atom stereocenters. The van der Waals surface area contributed by atoms with Crippen molar-refractivity contribution in [3.05, 3.63) is 52.6 Å². The van der Waals surface area contributed by atoms with Crippen LogP contribution in [0.2, 0.25) is 5.02 Å². The second-order valence-corrected chi connectivity index (χ2v) is 6.17. The molecule has 2 aromatic heterocycles. The molecule has 0 radical (unpaired) electrons. The van der Waals surface area contributed by atoms with Gasteiger partial charge in [-0.1, -0.05) is 11.6 Å². The highest BCUT2D eigenvalue weighted by atomic mass is 35.5. The third-order valence-electron chi connectivity index (χ3n) is 4.30. The van der Waals surface area contributed by atoms with E-state index in [0.29, 0.717) is 17.0 Å². The van der Waals surface area contributed by atoms with Gasteiger partial charge in [0.15, 0.2) is 17.4 Å². The Morgan fingerprint density at radius 2 is 2.20 bits per heavy atom. The average Bonchev–Trinajstić information content (AvgIpc) is 3.03. The van der Waals surface area contributed by atoms with Crippen molar-refractivity contribution in [3.63, 3.8) is 0 Å². The van der Waals surface area contributed by atoms with Crippen molar-refractivity contribution in [1.29, 1.82) is 0 Å². The number of imidazole rings is 1. The van der Waals surface area contributed by atoms with Gasteiger partial charge in [0.2, 0.25) is 5.88 Å². The van der Waals surface area contributed by atoms with Crippen LogP contribution in [0.4, 0.5) is 4.39 Å². The largest absolute Gasteiger partial charge is 0.491 e. The van der Waals surface area contributed by atoms with Gasteiger partial charge in [-0.3, -0.25) is 4.79 Å². The highest BCUT2D eigenvalue weighted by Crippen LogP contribution is 2.41. The number of hydrogen-bond donors (Lipinski definition) is 1. The molecule has 1 amide bonds. The van der Waals surface area contributed by atoms with Gasteiger partial charge >= 0.3 is 0 Å². The topological polar surface area (TPSA) is 77.8 Å². The van der Waals surface area contributed by atoms with E-state index in [1.54, 1.807) is 12.1 Å². The molecule has 3 aromatic rings. The molecule has 25 heavy (non-hydrogen) atoms. The summed E-state index contributed by atoms with van der Waals surface area (Å²) in [7, 11) is 0. The summed E-state index contributed by atoms with van der Waals surface area (Å²) in [5.41, 5.74) is 1.14. The second-order valence-electron chi connectivity index (χ2n) is 5.79. The van der Waals surface area contributed by atoms with Gasteiger partial charge < -0.3 is 14.8 Å². The Morgan fingerprint density at radius 1 is 1.32 bits per heavy atom. The molecule has 7 nitrogen and oxygen atoms in total. The van der Waals surface area contributed by atoms with Crippen molar-refractivity contribution in [2.45, 2.75) is 12.1 Å². The lowest BCUT2D eigenvalue weighted by Crippen LogP contribution is -2.47. The van der Waals surface area contributed by atoms with Crippen LogP contribution in [0.15, 0.2) is 30.5 Å². The maximum absolute atomic E-state index is 14.0. The molecule has 1 N–H and O–H groups in total. The molecule has 4 heterocycles. The number of nitrogens with one attached hydrogen (secondary N) is 1. The molecule has 0 aliphatic carbocycles. The normalized spacial score (nSPS) is 21.3. The number of amides is 1. The molecule has 0 spiro atoms. The zero-order valence-corrected chi connectivity index (χ0v) is 13.3. The number of halogens is 2. The van der Waals surface area contributed by atoms with Crippen LogP contribution in [0.5, 0.6) is 11.6 Å². The second kappa shape index (κ2) is 5.06. The van der Waals surface area contributed by atoms with Crippen molar-refractivity contribution in [1.82, 2.24) is 19.9 Å². The van der Waals surface area contributed by atoms with Crippen LogP contribution in [-0.4, -0.2) is 33.2 Å². The number of hydrogen-bond acceptors (Lipinski definition) is 5. The van der Waals surface area contributed by atoms with Gasteiger partial charge in [0, 0.05) is 6.07 Å². The highest BCUT2D eigenvalue weighted by molar-refractivity contribution is 6.31. The molecule has 0 fully saturated rings. The number of carbonyl (C=O) groups is 1. The SMILES string of the molecule is O=C1NC2COc3ccc(F)c(Cl)c3C2Oc2ccc3ncc1n3n2. The van der Waals surface area contributed by atoms with Crippen LogP contribution in [0.25, 0.3) is 5.65 Å². The molecule has 0 saturated carbocycles. The van der Waals surface area contributed by atoms with Crippen molar-refractivity contribution < 1.29 is 18.7 Å². The molecule has 1 aromatic carbocycles. The average molecular weight is 361 g/mol. The lowest BCUT2D eigenvalue weighted by molar-refractivity contribution is 0.0709. The number of benzene rings is 1. The van der Waals surface area contributed by atoms with Gasteiger partial charge in [0.1, 0.15) is 24.2 Å². The van der Waals surface area contributed by atoms with E-state index in [-0.39, 0.29) is 29.1 Å². The third kappa shape index (κ3) is 2.07. The maximum Gasteiger partial charge on any atom is 0.272 e. The van der Waals surface area contributed by atoms with Crippen LogP contribution in [-0.2, 0) is 0 Å². The molecule has 0 saturated heterocycles. The Hall–Kier alpha value is -2.87. The molecule has 5 rings (SSSR count). The van der Waals surface area contributed by atoms with E-state index in [1.165, 1.54) is 22.8 Å². The first-order valence-corrected chi connectivity index (χ1v) is 7.92. The van der Waals surface area contributed by atoms with Gasteiger partial charge in [-0.15, -0.1) is 5.10 Å². The van der Waals surface area contributed by atoms with Crippen LogP contribution in [0.3, 0.4) is 0 Å². The van der Waals surface area contributed by atoms with Crippen LogP contribution < -0.4 is 14.8 Å². The lowest BCUT2D eigenvalue weighted by atomic mass is 9.98. The fourth-order valence-corrected chi connectivity index (χ4v) is 3.38. The Balaban J connectivity index is 1.70. The number of carbonyl (C=O) groups excluding carboxylic acids is 1. The summed E-state index contributed by atoms with van der Waals surface area (Å²) in [6, 6.07) is 5.49. The van der Waals surface area contributed by atoms with Gasteiger partial charge in [-0.25, -0.2) is 13.9 Å². The predicted octanol–water partition coefficient (Wildman–Crippen LogP) is 2.15. The van der Waals surface area contributed by atoms with Crippen LogP contribution in [0, 0.1) is 5.82 Å². The van der Waals surface area contributed by atoms with E-state index in [0.717, 1.165) is 0 Å². The van der Waals surface area contributed by atoms with Crippen LogP contribution in [0.1, 0.15) is 22.2 Å². The van der Waals surface area contributed by atoms with Gasteiger partial charge in [-0.2, -0.15) is 0 Å². The van der Waals surface area contributed by atoms with Gasteiger partial charge in [-0.05, 0) is 18.2 Å². The summed E-state index contributed by atoms with van der Waals surface area (Å²) in [4.78, 5) is 16.7. The first kappa shape index (κ1) is 14.5. The molecule has 2 aliphatic rings. The summed E-state index contributed by atoms with van der Waals surface area (Å²) in [5.74, 6) is -0.273. The predicted molar refractivity (Wildman–Crippen MR) is 84.5 cm³/mol. The minimum Gasteiger partial charge on any atom is -0.491 e. The first-order valence-electron chi connectivity index (χ1n) is 7.55. The molecule has 2 aliphatic heterocycles. The fraction of sp³-hybridized carbons (Fsp3) is 0.188. The smallest absolute Gasteiger partial charge is 0.272 e. The molecule has 2 bridgehead atoms. The van der Waals surface area contributed by atoms with Gasteiger partial charge in [0.05, 0.1) is 16.8 Å². The molecular formula is C16H10ClFN4O3. The number of nitrogens with zero attached hydrogens (tertiary/aromatic N) is 3. The van der Waals surface area contributed by atoms with Gasteiger partial charge in [0.25, 0.3) is 5.91 Å². The summed E-state index contributed by atoms with van der Waals surface area (Å²) in [6.45, 7) is 0.156. The number of ether oxygens (including phenoxy) is 2. The highest BCUT2D eigenvalue weighted by Gasteiger charge is 2.38. The standard InChI is InChI=1S/C16H10ClFN4O3/c17-14-7(18)1-2-10-13(14)15-8(6-24-10)20-16(23)9-5-19-11-3-4-12(25-15)21-22(9)11/h1-5,8,15H,6H2,(H,20,23). The van der Waals surface area contributed by atoms with E-state index in [2.05, 4.69) is 15.4 Å². The van der Waals surface area contributed by atoms with Crippen molar-refractivity contribution in [3.8, 4) is 11.6 Å². The summed E-state index contributed by atoms with van der Waals surface area (Å²) in [6.07, 6.45) is 0.699. The number of aromatic nitrogens is 3. The number of fused-ring (bicyclic) bond motifs is 4. The third-order valence-corrected chi connectivity index (χ3v) is 4.68.